The molecule has 0 aromatic heterocycles. The van der Waals surface area contributed by atoms with E-state index in [1.807, 2.05) is 6.07 Å². The molecule has 1 aromatic rings. The molecule has 0 fully saturated rings. The normalized spacial score (nSPS) is 10.8. The van der Waals surface area contributed by atoms with Gasteiger partial charge in [0.2, 0.25) is 0 Å². The van der Waals surface area contributed by atoms with Crippen LogP contribution in [0.4, 0.5) is 0 Å². The molecule has 0 radical (unpaired) electrons. The predicted octanol–water partition coefficient (Wildman–Crippen LogP) is 3.61. The topological polar surface area (TPSA) is 21.3 Å². The van der Waals surface area contributed by atoms with E-state index in [1.165, 1.54) is 12.0 Å². The molecule has 0 saturated heterocycles. The fourth-order valence-electron chi connectivity index (χ4n) is 1.70. The van der Waals surface area contributed by atoms with Crippen molar-refractivity contribution in [2.75, 3.05) is 13.2 Å². The highest BCUT2D eigenvalue weighted by Crippen LogP contribution is 2.14. The molecule has 0 aliphatic rings. The van der Waals surface area contributed by atoms with E-state index < -0.39 is 0 Å². The maximum absolute atomic E-state index is 5.75. The molecular weight excluding hydrogens is 210 g/mol. The zero-order valence-electron chi connectivity index (χ0n) is 11.3. The van der Waals surface area contributed by atoms with E-state index in [2.05, 4.69) is 44.3 Å². The van der Waals surface area contributed by atoms with Crippen molar-refractivity contribution < 1.29 is 4.74 Å². The van der Waals surface area contributed by atoms with Crippen LogP contribution in [-0.2, 0) is 6.54 Å². The van der Waals surface area contributed by atoms with Gasteiger partial charge in [-0.1, -0.05) is 32.9 Å². The zero-order valence-corrected chi connectivity index (χ0v) is 11.3. The maximum Gasteiger partial charge on any atom is 0.119 e. The lowest BCUT2D eigenvalue weighted by Gasteiger charge is -2.09. The first-order valence-electron chi connectivity index (χ1n) is 6.64. The van der Waals surface area contributed by atoms with E-state index in [-0.39, 0.29) is 0 Å². The monoisotopic (exact) mass is 235 g/mol. The lowest BCUT2D eigenvalue weighted by Crippen LogP contribution is -2.11. The molecule has 0 bridgehead atoms. The fraction of sp³-hybridized carbons (Fsp3) is 0.600. The van der Waals surface area contributed by atoms with Gasteiger partial charge in [-0.2, -0.15) is 0 Å². The first kappa shape index (κ1) is 14.0. The predicted molar refractivity (Wildman–Crippen MR) is 73.4 cm³/mol. The van der Waals surface area contributed by atoms with Gasteiger partial charge < -0.3 is 10.1 Å². The third kappa shape index (κ3) is 6.32. The number of hydrogen-bond donors (Lipinski definition) is 1. The van der Waals surface area contributed by atoms with Crippen LogP contribution in [0.25, 0.3) is 0 Å². The molecule has 1 rings (SSSR count). The Labute approximate surface area is 105 Å². The first-order chi connectivity index (χ1) is 8.22. The van der Waals surface area contributed by atoms with Crippen LogP contribution in [-0.4, -0.2) is 13.2 Å². The van der Waals surface area contributed by atoms with E-state index >= 15 is 0 Å². The number of benzene rings is 1. The zero-order chi connectivity index (χ0) is 12.5. The lowest BCUT2D eigenvalue weighted by atomic mass is 10.1. The molecule has 96 valence electrons. The minimum Gasteiger partial charge on any atom is -0.494 e. The van der Waals surface area contributed by atoms with E-state index in [0.717, 1.165) is 37.8 Å². The molecule has 1 N–H and O–H groups in total. The smallest absolute Gasteiger partial charge is 0.119 e. The summed E-state index contributed by atoms with van der Waals surface area (Å²) in [4.78, 5) is 0. The Morgan fingerprint density at radius 2 is 2.12 bits per heavy atom. The molecule has 1 aromatic carbocycles. The Balaban J connectivity index is 2.32. The highest BCUT2D eigenvalue weighted by Gasteiger charge is 1.98. The average molecular weight is 235 g/mol. The maximum atomic E-state index is 5.75. The van der Waals surface area contributed by atoms with Gasteiger partial charge in [0, 0.05) is 6.54 Å². The standard InChI is InChI=1S/C15H25NO/c1-4-16-12-14-8-5-9-15(11-14)17-10-6-7-13(2)3/h5,8-9,11,13,16H,4,6-7,10,12H2,1-3H3. The second kappa shape index (κ2) is 8.13. The molecule has 17 heavy (non-hydrogen) atoms. The van der Waals surface area contributed by atoms with Gasteiger partial charge in [0.15, 0.2) is 0 Å². The third-order valence-electron chi connectivity index (χ3n) is 2.67. The minimum atomic E-state index is 0.763. The second-order valence-corrected chi connectivity index (χ2v) is 4.81. The molecule has 0 heterocycles. The average Bonchev–Trinajstić information content (AvgIpc) is 2.32. The van der Waals surface area contributed by atoms with Crippen LogP contribution >= 0.6 is 0 Å². The molecule has 0 saturated carbocycles. The molecule has 0 atom stereocenters. The van der Waals surface area contributed by atoms with Crippen molar-refractivity contribution in [2.45, 2.75) is 40.2 Å². The molecule has 2 nitrogen and oxygen atoms in total. The Bertz CT molecular complexity index is 310. The quantitative estimate of drug-likeness (QED) is 0.695. The number of ether oxygens (including phenoxy) is 1. The summed E-state index contributed by atoms with van der Waals surface area (Å²) in [6.45, 7) is 9.35. The van der Waals surface area contributed by atoms with Crippen molar-refractivity contribution in [1.29, 1.82) is 0 Å². The third-order valence-corrected chi connectivity index (χ3v) is 2.67. The van der Waals surface area contributed by atoms with Gasteiger partial charge in [0.25, 0.3) is 0 Å². The highest BCUT2D eigenvalue weighted by molar-refractivity contribution is 5.28. The van der Waals surface area contributed by atoms with Crippen LogP contribution < -0.4 is 10.1 Å². The second-order valence-electron chi connectivity index (χ2n) is 4.81. The summed E-state index contributed by atoms with van der Waals surface area (Å²) in [6, 6.07) is 8.34. The van der Waals surface area contributed by atoms with Crippen molar-refractivity contribution in [3.8, 4) is 5.75 Å². The van der Waals surface area contributed by atoms with Crippen LogP contribution in [0.15, 0.2) is 24.3 Å². The summed E-state index contributed by atoms with van der Waals surface area (Å²) < 4.78 is 5.75. The summed E-state index contributed by atoms with van der Waals surface area (Å²) in [6.07, 6.45) is 2.37. The van der Waals surface area contributed by atoms with Crippen LogP contribution in [0.1, 0.15) is 39.2 Å². The lowest BCUT2D eigenvalue weighted by molar-refractivity contribution is 0.297. The molecule has 0 unspecified atom stereocenters. The van der Waals surface area contributed by atoms with Gasteiger partial charge >= 0.3 is 0 Å². The van der Waals surface area contributed by atoms with Gasteiger partial charge in [0.05, 0.1) is 6.61 Å². The Morgan fingerprint density at radius 3 is 2.82 bits per heavy atom. The first-order valence-corrected chi connectivity index (χ1v) is 6.64. The highest BCUT2D eigenvalue weighted by atomic mass is 16.5. The van der Waals surface area contributed by atoms with E-state index in [4.69, 9.17) is 4.74 Å². The number of hydrogen-bond acceptors (Lipinski definition) is 2. The van der Waals surface area contributed by atoms with Gasteiger partial charge in [-0.15, -0.1) is 0 Å². The summed E-state index contributed by atoms with van der Waals surface area (Å²) in [5.41, 5.74) is 1.29. The molecule has 0 aliphatic heterocycles. The van der Waals surface area contributed by atoms with Crippen molar-refractivity contribution in [3.63, 3.8) is 0 Å². The van der Waals surface area contributed by atoms with Crippen molar-refractivity contribution >= 4 is 0 Å². The Hall–Kier alpha value is -1.02. The summed E-state index contributed by atoms with van der Waals surface area (Å²) in [7, 11) is 0. The molecule has 0 aliphatic carbocycles. The molecule has 2 heteroatoms. The number of rotatable bonds is 8. The Morgan fingerprint density at radius 1 is 1.29 bits per heavy atom. The minimum absolute atomic E-state index is 0.763. The van der Waals surface area contributed by atoms with Crippen LogP contribution in [0.3, 0.4) is 0 Å². The van der Waals surface area contributed by atoms with Crippen molar-refractivity contribution in [2.24, 2.45) is 5.92 Å². The van der Waals surface area contributed by atoms with Gasteiger partial charge in [-0.25, -0.2) is 0 Å². The Kier molecular flexibility index (Phi) is 6.71. The molecular formula is C15H25NO. The molecule has 0 spiro atoms. The van der Waals surface area contributed by atoms with Crippen molar-refractivity contribution in [3.05, 3.63) is 29.8 Å². The number of nitrogens with one attached hydrogen (secondary N) is 1. The van der Waals surface area contributed by atoms with Crippen LogP contribution in [0.2, 0.25) is 0 Å². The largest absolute Gasteiger partial charge is 0.494 e. The van der Waals surface area contributed by atoms with E-state index in [1.54, 1.807) is 0 Å². The van der Waals surface area contributed by atoms with E-state index in [0.29, 0.717) is 0 Å². The van der Waals surface area contributed by atoms with Gasteiger partial charge in [-0.3, -0.25) is 0 Å². The van der Waals surface area contributed by atoms with Gasteiger partial charge in [0.1, 0.15) is 5.75 Å². The van der Waals surface area contributed by atoms with Crippen LogP contribution in [0, 0.1) is 5.92 Å². The van der Waals surface area contributed by atoms with E-state index in [9.17, 15) is 0 Å². The SMILES string of the molecule is CCNCc1cccc(OCCCC(C)C)c1. The van der Waals surface area contributed by atoms with Gasteiger partial charge in [-0.05, 0) is 43.0 Å². The molecule has 0 amide bonds. The summed E-state index contributed by atoms with van der Waals surface area (Å²) in [5.74, 6) is 1.75. The fourth-order valence-corrected chi connectivity index (χ4v) is 1.70. The van der Waals surface area contributed by atoms with Crippen molar-refractivity contribution in [1.82, 2.24) is 5.32 Å². The van der Waals surface area contributed by atoms with Crippen LogP contribution in [0.5, 0.6) is 5.75 Å². The summed E-state index contributed by atoms with van der Waals surface area (Å²) in [5, 5.41) is 3.32. The summed E-state index contributed by atoms with van der Waals surface area (Å²) >= 11 is 0.